The summed E-state index contributed by atoms with van der Waals surface area (Å²) in [6, 6.07) is 15.6. The van der Waals surface area contributed by atoms with Gasteiger partial charge in [0.15, 0.2) is 0 Å². The zero-order valence-electron chi connectivity index (χ0n) is 10.7. The van der Waals surface area contributed by atoms with E-state index in [0.717, 1.165) is 28.2 Å². The van der Waals surface area contributed by atoms with Crippen molar-refractivity contribution < 1.29 is 9.47 Å². The van der Waals surface area contributed by atoms with Crippen molar-refractivity contribution in [3.05, 3.63) is 53.0 Å². The van der Waals surface area contributed by atoms with Gasteiger partial charge in [-0.1, -0.05) is 18.2 Å². The van der Waals surface area contributed by atoms with Crippen molar-refractivity contribution in [3.63, 3.8) is 0 Å². The maximum Gasteiger partial charge on any atom is 0.121 e. The Hall–Kier alpha value is -1.68. The summed E-state index contributed by atoms with van der Waals surface area (Å²) < 4.78 is 11.8. The molecule has 2 rings (SSSR count). The van der Waals surface area contributed by atoms with Gasteiger partial charge in [0.1, 0.15) is 18.1 Å². The topological polar surface area (TPSA) is 30.5 Å². The van der Waals surface area contributed by atoms with Crippen LogP contribution in [0.2, 0.25) is 0 Å². The average Bonchev–Trinajstić information content (AvgIpc) is 2.46. The number of rotatable bonds is 6. The number of methoxy groups -OCH3 is 1. The van der Waals surface area contributed by atoms with Crippen LogP contribution in [0.15, 0.2) is 53.0 Å². The van der Waals surface area contributed by atoms with Crippen LogP contribution < -0.4 is 14.8 Å². The van der Waals surface area contributed by atoms with Gasteiger partial charge in [0.05, 0.1) is 12.8 Å². The van der Waals surface area contributed by atoms with E-state index >= 15 is 0 Å². The summed E-state index contributed by atoms with van der Waals surface area (Å²) in [6.07, 6.45) is 0. The van der Waals surface area contributed by atoms with E-state index in [0.29, 0.717) is 6.61 Å². The molecule has 0 atom stereocenters. The lowest BCUT2D eigenvalue weighted by Gasteiger charge is -2.11. The monoisotopic (exact) mass is 321 g/mol. The molecule has 0 spiro atoms. The molecule has 0 aliphatic heterocycles. The fourth-order valence-corrected chi connectivity index (χ4v) is 2.02. The van der Waals surface area contributed by atoms with E-state index in [9.17, 15) is 0 Å². The van der Waals surface area contributed by atoms with Gasteiger partial charge in [-0.3, -0.25) is 0 Å². The van der Waals surface area contributed by atoms with Crippen LogP contribution >= 0.6 is 15.9 Å². The third-order valence-corrected chi connectivity index (χ3v) is 3.29. The van der Waals surface area contributed by atoms with Crippen molar-refractivity contribution in [1.82, 2.24) is 0 Å². The highest BCUT2D eigenvalue weighted by atomic mass is 79.9. The SMILES string of the molecule is COc1ccc(Br)c(NCCOc2ccccc2)c1. The van der Waals surface area contributed by atoms with E-state index in [1.807, 2.05) is 48.5 Å². The fourth-order valence-electron chi connectivity index (χ4n) is 1.64. The van der Waals surface area contributed by atoms with Crippen molar-refractivity contribution in [2.45, 2.75) is 0 Å². The number of nitrogens with one attached hydrogen (secondary N) is 1. The van der Waals surface area contributed by atoms with Gasteiger partial charge in [-0.2, -0.15) is 0 Å². The fraction of sp³-hybridized carbons (Fsp3) is 0.200. The predicted molar refractivity (Wildman–Crippen MR) is 81.1 cm³/mol. The largest absolute Gasteiger partial charge is 0.497 e. The molecule has 100 valence electrons. The summed E-state index contributed by atoms with van der Waals surface area (Å²) >= 11 is 3.50. The van der Waals surface area contributed by atoms with Crippen LogP contribution in [0.25, 0.3) is 0 Å². The van der Waals surface area contributed by atoms with E-state index in [-0.39, 0.29) is 0 Å². The molecular weight excluding hydrogens is 306 g/mol. The highest BCUT2D eigenvalue weighted by Crippen LogP contribution is 2.26. The first-order valence-corrected chi connectivity index (χ1v) is 6.84. The van der Waals surface area contributed by atoms with Gasteiger partial charge < -0.3 is 14.8 Å². The van der Waals surface area contributed by atoms with Crippen LogP contribution in [0, 0.1) is 0 Å². The highest BCUT2D eigenvalue weighted by Gasteiger charge is 2.01. The number of benzene rings is 2. The van der Waals surface area contributed by atoms with E-state index in [1.54, 1.807) is 7.11 Å². The van der Waals surface area contributed by atoms with E-state index in [1.165, 1.54) is 0 Å². The van der Waals surface area contributed by atoms with Gasteiger partial charge in [-0.15, -0.1) is 0 Å². The van der Waals surface area contributed by atoms with Gasteiger partial charge in [0, 0.05) is 17.1 Å². The Morgan fingerprint density at radius 2 is 1.84 bits per heavy atom. The van der Waals surface area contributed by atoms with Crippen LogP contribution in [0.1, 0.15) is 0 Å². The van der Waals surface area contributed by atoms with Crippen molar-refractivity contribution in [2.75, 3.05) is 25.6 Å². The molecule has 0 amide bonds. The third-order valence-electron chi connectivity index (χ3n) is 2.60. The van der Waals surface area contributed by atoms with Crippen LogP contribution in [0.3, 0.4) is 0 Å². The number of hydrogen-bond acceptors (Lipinski definition) is 3. The van der Waals surface area contributed by atoms with Crippen LogP contribution in [0.4, 0.5) is 5.69 Å². The molecule has 0 heterocycles. The van der Waals surface area contributed by atoms with Gasteiger partial charge in [-0.25, -0.2) is 0 Å². The van der Waals surface area contributed by atoms with Crippen LogP contribution in [-0.2, 0) is 0 Å². The van der Waals surface area contributed by atoms with E-state index in [2.05, 4.69) is 21.2 Å². The van der Waals surface area contributed by atoms with Crippen molar-refractivity contribution in [1.29, 1.82) is 0 Å². The first kappa shape index (κ1) is 13.7. The number of halogens is 1. The molecule has 0 saturated heterocycles. The molecule has 0 radical (unpaired) electrons. The quantitative estimate of drug-likeness (QED) is 0.817. The normalized spacial score (nSPS) is 10.0. The first-order chi connectivity index (χ1) is 9.29. The van der Waals surface area contributed by atoms with Crippen molar-refractivity contribution in [3.8, 4) is 11.5 Å². The van der Waals surface area contributed by atoms with Gasteiger partial charge in [0.2, 0.25) is 0 Å². The molecule has 2 aromatic carbocycles. The van der Waals surface area contributed by atoms with Crippen molar-refractivity contribution in [2.24, 2.45) is 0 Å². The van der Waals surface area contributed by atoms with E-state index < -0.39 is 0 Å². The Balaban J connectivity index is 1.82. The zero-order chi connectivity index (χ0) is 13.5. The second-order valence-corrected chi connectivity index (χ2v) is 4.79. The molecule has 1 N–H and O–H groups in total. The van der Waals surface area contributed by atoms with Gasteiger partial charge in [0.25, 0.3) is 0 Å². The molecule has 3 nitrogen and oxygen atoms in total. The molecule has 0 aliphatic rings. The Kier molecular flexibility index (Phi) is 5.10. The number of anilines is 1. The van der Waals surface area contributed by atoms with Crippen molar-refractivity contribution >= 4 is 21.6 Å². The molecule has 0 unspecified atom stereocenters. The van der Waals surface area contributed by atoms with Crippen LogP contribution in [0.5, 0.6) is 11.5 Å². The lowest BCUT2D eigenvalue weighted by atomic mass is 10.3. The summed E-state index contributed by atoms with van der Waals surface area (Å²) in [5, 5.41) is 3.31. The summed E-state index contributed by atoms with van der Waals surface area (Å²) in [4.78, 5) is 0. The zero-order valence-corrected chi connectivity index (χ0v) is 12.3. The number of para-hydroxylation sites is 1. The summed E-state index contributed by atoms with van der Waals surface area (Å²) in [5.41, 5.74) is 0.996. The lowest BCUT2D eigenvalue weighted by Crippen LogP contribution is -2.11. The maximum atomic E-state index is 5.62. The minimum Gasteiger partial charge on any atom is -0.497 e. The predicted octanol–water partition coefficient (Wildman–Crippen LogP) is 3.95. The molecule has 0 aliphatic carbocycles. The van der Waals surface area contributed by atoms with Gasteiger partial charge >= 0.3 is 0 Å². The Morgan fingerprint density at radius 1 is 1.05 bits per heavy atom. The summed E-state index contributed by atoms with van der Waals surface area (Å²) in [5.74, 6) is 1.71. The first-order valence-electron chi connectivity index (χ1n) is 6.05. The highest BCUT2D eigenvalue weighted by molar-refractivity contribution is 9.10. The Labute approximate surface area is 121 Å². The minimum atomic E-state index is 0.605. The molecule has 2 aromatic rings. The summed E-state index contributed by atoms with van der Waals surface area (Å²) in [6.45, 7) is 1.33. The standard InChI is InChI=1S/C15H16BrNO2/c1-18-13-7-8-14(16)15(11-13)17-9-10-19-12-5-3-2-4-6-12/h2-8,11,17H,9-10H2,1H3. The molecule has 0 fully saturated rings. The molecule has 0 bridgehead atoms. The molecule has 19 heavy (non-hydrogen) atoms. The second kappa shape index (κ2) is 7.04. The maximum absolute atomic E-state index is 5.62. The lowest BCUT2D eigenvalue weighted by molar-refractivity contribution is 0.333. The van der Waals surface area contributed by atoms with Gasteiger partial charge in [-0.05, 0) is 40.2 Å². The van der Waals surface area contributed by atoms with Crippen LogP contribution in [-0.4, -0.2) is 20.3 Å². The number of ether oxygens (including phenoxy) is 2. The number of hydrogen-bond donors (Lipinski definition) is 1. The molecule has 0 saturated carbocycles. The molecule has 0 aromatic heterocycles. The third kappa shape index (κ3) is 4.17. The summed E-state index contributed by atoms with van der Waals surface area (Å²) in [7, 11) is 1.66. The molecule has 4 heteroatoms. The second-order valence-electron chi connectivity index (χ2n) is 3.93. The Bertz CT molecular complexity index is 517. The Morgan fingerprint density at radius 3 is 2.58 bits per heavy atom. The smallest absolute Gasteiger partial charge is 0.121 e. The minimum absolute atomic E-state index is 0.605. The molecular formula is C15H16BrNO2. The van der Waals surface area contributed by atoms with E-state index in [4.69, 9.17) is 9.47 Å². The average molecular weight is 322 g/mol.